The number of hydrogen-bond donors (Lipinski definition) is 2. The first-order valence-corrected chi connectivity index (χ1v) is 5.03. The fourth-order valence-corrected chi connectivity index (χ4v) is 1.25. The Morgan fingerprint density at radius 3 is 2.60 bits per heavy atom. The lowest BCUT2D eigenvalue weighted by Crippen LogP contribution is -2.36. The van der Waals surface area contributed by atoms with Crippen molar-refractivity contribution in [2.24, 2.45) is 0 Å². The lowest BCUT2D eigenvalue weighted by molar-refractivity contribution is 0.240. The van der Waals surface area contributed by atoms with Crippen molar-refractivity contribution < 1.29 is 9.18 Å². The number of rotatable bonds is 3. The highest BCUT2D eigenvalue weighted by atomic mass is 19.1. The minimum Gasteiger partial charge on any atom is -0.335 e. The van der Waals surface area contributed by atoms with Crippen LogP contribution in [0.15, 0.2) is 24.3 Å². The highest BCUT2D eigenvalue weighted by molar-refractivity contribution is 5.74. The Hall–Kier alpha value is -1.58. The van der Waals surface area contributed by atoms with Gasteiger partial charge in [-0.05, 0) is 30.5 Å². The lowest BCUT2D eigenvalue weighted by Gasteiger charge is -2.06. The van der Waals surface area contributed by atoms with Crippen LogP contribution in [0.25, 0.3) is 0 Å². The maximum absolute atomic E-state index is 12.6. The second kappa shape index (κ2) is 4.29. The summed E-state index contributed by atoms with van der Waals surface area (Å²) in [6.45, 7) is 0.429. The van der Waals surface area contributed by atoms with Crippen molar-refractivity contribution in [3.8, 4) is 0 Å². The summed E-state index contributed by atoms with van der Waals surface area (Å²) in [5.41, 5.74) is 0.891. The van der Waals surface area contributed by atoms with Crippen LogP contribution in [0.5, 0.6) is 0 Å². The van der Waals surface area contributed by atoms with Crippen LogP contribution in [0.4, 0.5) is 9.18 Å². The van der Waals surface area contributed by atoms with Gasteiger partial charge in [-0.3, -0.25) is 0 Å². The molecular formula is C11H13FN2O. The Labute approximate surface area is 87.7 Å². The normalized spacial score (nSPS) is 14.7. The van der Waals surface area contributed by atoms with E-state index in [0.29, 0.717) is 12.6 Å². The molecule has 1 saturated carbocycles. The van der Waals surface area contributed by atoms with Crippen molar-refractivity contribution in [2.45, 2.75) is 25.4 Å². The monoisotopic (exact) mass is 208 g/mol. The number of halogens is 1. The third-order valence-corrected chi connectivity index (χ3v) is 2.28. The highest BCUT2D eigenvalue weighted by Gasteiger charge is 2.22. The molecule has 2 amide bonds. The van der Waals surface area contributed by atoms with Crippen molar-refractivity contribution in [1.82, 2.24) is 10.6 Å². The third-order valence-electron chi connectivity index (χ3n) is 2.28. The molecule has 0 aliphatic heterocycles. The van der Waals surface area contributed by atoms with E-state index in [1.807, 2.05) is 0 Å². The van der Waals surface area contributed by atoms with Crippen LogP contribution in [0.3, 0.4) is 0 Å². The molecule has 0 radical (unpaired) electrons. The Morgan fingerprint density at radius 1 is 1.33 bits per heavy atom. The van der Waals surface area contributed by atoms with Crippen LogP contribution in [0.2, 0.25) is 0 Å². The molecule has 3 nitrogen and oxygen atoms in total. The Morgan fingerprint density at radius 2 is 2.00 bits per heavy atom. The SMILES string of the molecule is O=C(NCc1ccc(F)cc1)NC1CC1. The topological polar surface area (TPSA) is 41.1 Å². The summed E-state index contributed by atoms with van der Waals surface area (Å²) in [5, 5.41) is 5.53. The van der Waals surface area contributed by atoms with Gasteiger partial charge in [-0.25, -0.2) is 9.18 Å². The van der Waals surface area contributed by atoms with E-state index in [1.54, 1.807) is 12.1 Å². The zero-order valence-electron chi connectivity index (χ0n) is 8.29. The molecule has 2 rings (SSSR count). The molecule has 0 spiro atoms. The number of nitrogens with one attached hydrogen (secondary N) is 2. The van der Waals surface area contributed by atoms with E-state index >= 15 is 0 Å². The maximum Gasteiger partial charge on any atom is 0.315 e. The van der Waals surface area contributed by atoms with E-state index in [-0.39, 0.29) is 11.8 Å². The molecule has 0 atom stereocenters. The zero-order chi connectivity index (χ0) is 10.7. The number of amides is 2. The summed E-state index contributed by atoms with van der Waals surface area (Å²) in [6.07, 6.45) is 2.15. The van der Waals surface area contributed by atoms with Gasteiger partial charge in [0.15, 0.2) is 0 Å². The summed E-state index contributed by atoms with van der Waals surface area (Å²) in [4.78, 5) is 11.2. The van der Waals surface area contributed by atoms with E-state index < -0.39 is 0 Å². The summed E-state index contributed by atoms with van der Waals surface area (Å²) in [5.74, 6) is -0.263. The third kappa shape index (κ3) is 3.23. The first-order chi connectivity index (χ1) is 7.24. The fourth-order valence-electron chi connectivity index (χ4n) is 1.25. The van der Waals surface area contributed by atoms with Gasteiger partial charge in [-0.15, -0.1) is 0 Å². The van der Waals surface area contributed by atoms with Gasteiger partial charge in [0, 0.05) is 12.6 Å². The quantitative estimate of drug-likeness (QED) is 0.781. The molecule has 0 heterocycles. The van der Waals surface area contributed by atoms with Crippen LogP contribution in [-0.2, 0) is 6.54 Å². The average Bonchev–Trinajstić information content (AvgIpc) is 3.01. The summed E-state index contributed by atoms with van der Waals surface area (Å²) < 4.78 is 12.6. The summed E-state index contributed by atoms with van der Waals surface area (Å²) >= 11 is 0. The first-order valence-electron chi connectivity index (χ1n) is 5.03. The molecule has 4 heteroatoms. The van der Waals surface area contributed by atoms with Crippen molar-refractivity contribution in [3.63, 3.8) is 0 Å². The molecule has 1 aromatic carbocycles. The van der Waals surface area contributed by atoms with E-state index in [4.69, 9.17) is 0 Å². The van der Waals surface area contributed by atoms with E-state index in [2.05, 4.69) is 10.6 Å². The van der Waals surface area contributed by atoms with Gasteiger partial charge in [-0.2, -0.15) is 0 Å². The Balaban J connectivity index is 1.76. The van der Waals surface area contributed by atoms with E-state index in [9.17, 15) is 9.18 Å². The molecular weight excluding hydrogens is 195 g/mol. The van der Waals surface area contributed by atoms with Gasteiger partial charge >= 0.3 is 6.03 Å². The maximum atomic E-state index is 12.6. The smallest absolute Gasteiger partial charge is 0.315 e. The second-order valence-electron chi connectivity index (χ2n) is 3.73. The average molecular weight is 208 g/mol. The number of benzene rings is 1. The largest absolute Gasteiger partial charge is 0.335 e. The molecule has 1 fully saturated rings. The summed E-state index contributed by atoms with van der Waals surface area (Å²) in [7, 11) is 0. The molecule has 1 aliphatic rings. The van der Waals surface area contributed by atoms with Crippen LogP contribution >= 0.6 is 0 Å². The predicted octanol–water partition coefficient (Wildman–Crippen LogP) is 1.79. The molecule has 0 saturated heterocycles. The number of urea groups is 1. The van der Waals surface area contributed by atoms with Crippen LogP contribution < -0.4 is 10.6 Å². The van der Waals surface area contributed by atoms with Crippen molar-refractivity contribution in [3.05, 3.63) is 35.6 Å². The van der Waals surface area contributed by atoms with Gasteiger partial charge in [-0.1, -0.05) is 12.1 Å². The molecule has 2 N–H and O–H groups in total. The number of carbonyl (C=O) groups is 1. The predicted molar refractivity (Wildman–Crippen MR) is 54.8 cm³/mol. The molecule has 0 unspecified atom stereocenters. The first kappa shape index (κ1) is 9.96. The zero-order valence-corrected chi connectivity index (χ0v) is 8.29. The second-order valence-corrected chi connectivity index (χ2v) is 3.73. The van der Waals surface area contributed by atoms with E-state index in [0.717, 1.165) is 18.4 Å². The molecule has 80 valence electrons. The van der Waals surface area contributed by atoms with Gasteiger partial charge in [0.05, 0.1) is 0 Å². The lowest BCUT2D eigenvalue weighted by atomic mass is 10.2. The van der Waals surface area contributed by atoms with Crippen LogP contribution in [-0.4, -0.2) is 12.1 Å². The number of hydrogen-bond acceptors (Lipinski definition) is 1. The minimum absolute atomic E-state index is 0.151. The van der Waals surface area contributed by atoms with Gasteiger partial charge in [0.2, 0.25) is 0 Å². The number of carbonyl (C=O) groups excluding carboxylic acids is 1. The molecule has 0 bridgehead atoms. The van der Waals surface area contributed by atoms with Crippen molar-refractivity contribution in [1.29, 1.82) is 0 Å². The standard InChI is InChI=1S/C11H13FN2O/c12-9-3-1-8(2-4-9)7-13-11(15)14-10-5-6-10/h1-4,10H,5-7H2,(H2,13,14,15). The van der Waals surface area contributed by atoms with Crippen molar-refractivity contribution in [2.75, 3.05) is 0 Å². The fraction of sp³-hybridized carbons (Fsp3) is 0.364. The van der Waals surface area contributed by atoms with Gasteiger partial charge in [0.1, 0.15) is 5.82 Å². The van der Waals surface area contributed by atoms with Crippen LogP contribution in [0.1, 0.15) is 18.4 Å². The van der Waals surface area contributed by atoms with Gasteiger partial charge in [0.25, 0.3) is 0 Å². The molecule has 15 heavy (non-hydrogen) atoms. The Bertz CT molecular complexity index is 346. The van der Waals surface area contributed by atoms with E-state index in [1.165, 1.54) is 12.1 Å². The van der Waals surface area contributed by atoms with Crippen LogP contribution in [0, 0.1) is 5.82 Å². The highest BCUT2D eigenvalue weighted by Crippen LogP contribution is 2.18. The van der Waals surface area contributed by atoms with Crippen molar-refractivity contribution >= 4 is 6.03 Å². The molecule has 0 aromatic heterocycles. The minimum atomic E-state index is -0.263. The Kier molecular flexibility index (Phi) is 2.85. The molecule has 1 aliphatic carbocycles. The van der Waals surface area contributed by atoms with Gasteiger partial charge < -0.3 is 10.6 Å². The molecule has 1 aromatic rings. The summed E-state index contributed by atoms with van der Waals surface area (Å²) in [6, 6.07) is 6.30.